The van der Waals surface area contributed by atoms with Gasteiger partial charge in [-0.15, -0.1) is 0 Å². The summed E-state index contributed by atoms with van der Waals surface area (Å²) in [5.41, 5.74) is 3.53. The number of halogens is 1. The van der Waals surface area contributed by atoms with Crippen LogP contribution in [-0.4, -0.2) is 30.6 Å². The molecule has 1 aliphatic rings. The molecule has 2 rings (SSSR count). The van der Waals surface area contributed by atoms with Crippen molar-refractivity contribution in [2.45, 2.75) is 44.7 Å². The molecule has 21 heavy (non-hydrogen) atoms. The molecule has 1 saturated heterocycles. The maximum Gasteiger partial charge on any atom is 0.165 e. The fourth-order valence-electron chi connectivity index (χ4n) is 3.22. The highest BCUT2D eigenvalue weighted by Gasteiger charge is 2.36. The minimum absolute atomic E-state index is 0.143. The minimum Gasteiger partial charge on any atom is -0.494 e. The molecule has 4 nitrogen and oxygen atoms in total. The van der Waals surface area contributed by atoms with Crippen LogP contribution in [0.5, 0.6) is 5.75 Å². The Balaban J connectivity index is 2.27. The van der Waals surface area contributed by atoms with Crippen LogP contribution in [0.25, 0.3) is 0 Å². The predicted molar refractivity (Wildman–Crippen MR) is 82.5 cm³/mol. The van der Waals surface area contributed by atoms with Crippen LogP contribution >= 0.6 is 0 Å². The van der Waals surface area contributed by atoms with Crippen LogP contribution in [0.15, 0.2) is 18.2 Å². The van der Waals surface area contributed by atoms with Crippen LogP contribution in [-0.2, 0) is 0 Å². The van der Waals surface area contributed by atoms with E-state index in [1.807, 2.05) is 6.07 Å². The molecule has 5 heteroatoms. The third-order valence-electron chi connectivity index (χ3n) is 4.55. The zero-order valence-electron chi connectivity index (χ0n) is 13.2. The monoisotopic (exact) mass is 295 g/mol. The van der Waals surface area contributed by atoms with Gasteiger partial charge in [-0.2, -0.15) is 0 Å². The van der Waals surface area contributed by atoms with E-state index in [-0.39, 0.29) is 23.1 Å². The molecule has 1 fully saturated rings. The largest absolute Gasteiger partial charge is 0.494 e. The van der Waals surface area contributed by atoms with Crippen LogP contribution in [0, 0.1) is 5.82 Å². The van der Waals surface area contributed by atoms with Crippen LogP contribution in [0.3, 0.4) is 0 Å². The molecule has 0 spiro atoms. The number of ether oxygens (including phenoxy) is 1. The van der Waals surface area contributed by atoms with Gasteiger partial charge in [0.15, 0.2) is 11.6 Å². The SMILES string of the molecule is COc1ccc(C(NN)C(C)(C)N2CCCCC2)cc1F. The second-order valence-corrected chi connectivity index (χ2v) is 6.20. The van der Waals surface area contributed by atoms with Crippen molar-refractivity contribution in [1.82, 2.24) is 10.3 Å². The zero-order chi connectivity index (χ0) is 15.5. The molecule has 118 valence electrons. The normalized spacial score (nSPS) is 18.5. The first-order chi connectivity index (χ1) is 10.0. The number of likely N-dealkylation sites (tertiary alicyclic amines) is 1. The van der Waals surface area contributed by atoms with E-state index >= 15 is 0 Å². The van der Waals surface area contributed by atoms with Crippen LogP contribution in [0.1, 0.15) is 44.7 Å². The number of benzene rings is 1. The van der Waals surface area contributed by atoms with Gasteiger partial charge in [-0.05, 0) is 57.5 Å². The van der Waals surface area contributed by atoms with Gasteiger partial charge in [0.1, 0.15) is 0 Å². The standard InChI is InChI=1S/C16H26FN3O/c1-16(2,20-9-5-4-6-10-20)15(19-18)12-7-8-14(21-3)13(17)11-12/h7-8,11,15,19H,4-6,9-10,18H2,1-3H3. The average molecular weight is 295 g/mol. The van der Waals surface area contributed by atoms with Gasteiger partial charge < -0.3 is 4.74 Å². The van der Waals surface area contributed by atoms with Crippen LogP contribution < -0.4 is 16.0 Å². The summed E-state index contributed by atoms with van der Waals surface area (Å²) >= 11 is 0. The number of hydrogen-bond donors (Lipinski definition) is 2. The molecular formula is C16H26FN3O. The maximum absolute atomic E-state index is 14.0. The highest BCUT2D eigenvalue weighted by atomic mass is 19.1. The van der Waals surface area contributed by atoms with Crippen LogP contribution in [0.2, 0.25) is 0 Å². The molecular weight excluding hydrogens is 269 g/mol. The van der Waals surface area contributed by atoms with E-state index in [2.05, 4.69) is 24.2 Å². The fraction of sp³-hybridized carbons (Fsp3) is 0.625. The average Bonchev–Trinajstić information content (AvgIpc) is 2.49. The topological polar surface area (TPSA) is 50.5 Å². The lowest BCUT2D eigenvalue weighted by atomic mass is 9.86. The van der Waals surface area contributed by atoms with Crippen molar-refractivity contribution in [1.29, 1.82) is 0 Å². The van der Waals surface area contributed by atoms with Crippen molar-refractivity contribution in [3.05, 3.63) is 29.6 Å². The highest BCUT2D eigenvalue weighted by Crippen LogP contribution is 2.34. The summed E-state index contributed by atoms with van der Waals surface area (Å²) in [5, 5.41) is 0. The first-order valence-electron chi connectivity index (χ1n) is 7.55. The van der Waals surface area contributed by atoms with E-state index in [0.29, 0.717) is 0 Å². The lowest BCUT2D eigenvalue weighted by Gasteiger charge is -2.46. The van der Waals surface area contributed by atoms with Gasteiger partial charge in [-0.3, -0.25) is 16.2 Å². The summed E-state index contributed by atoms with van der Waals surface area (Å²) in [6.07, 6.45) is 3.69. The van der Waals surface area contributed by atoms with Crippen molar-refractivity contribution in [2.24, 2.45) is 5.84 Å². The number of methoxy groups -OCH3 is 1. The molecule has 1 aromatic carbocycles. The molecule has 0 saturated carbocycles. The molecule has 1 aromatic rings. The smallest absolute Gasteiger partial charge is 0.165 e. The number of nitrogens with one attached hydrogen (secondary N) is 1. The Morgan fingerprint density at radius 3 is 2.48 bits per heavy atom. The van der Waals surface area contributed by atoms with Gasteiger partial charge in [0.2, 0.25) is 0 Å². The third-order valence-corrected chi connectivity index (χ3v) is 4.55. The summed E-state index contributed by atoms with van der Waals surface area (Å²) in [4.78, 5) is 2.43. The molecule has 3 N–H and O–H groups in total. The molecule has 1 aliphatic heterocycles. The van der Waals surface area contributed by atoms with E-state index in [0.717, 1.165) is 18.7 Å². The van der Waals surface area contributed by atoms with Crippen molar-refractivity contribution in [3.8, 4) is 5.75 Å². The molecule has 0 aromatic heterocycles. The van der Waals surface area contributed by atoms with Gasteiger partial charge in [0.05, 0.1) is 13.2 Å². The Hall–Kier alpha value is -1.17. The molecule has 0 amide bonds. The summed E-state index contributed by atoms with van der Waals surface area (Å²) in [6, 6.07) is 4.89. The second-order valence-electron chi connectivity index (χ2n) is 6.20. The lowest BCUT2D eigenvalue weighted by Crippen LogP contribution is -2.55. The predicted octanol–water partition coefficient (Wildman–Crippen LogP) is 2.60. The second kappa shape index (κ2) is 6.73. The molecule has 1 heterocycles. The van der Waals surface area contributed by atoms with Crippen molar-refractivity contribution in [2.75, 3.05) is 20.2 Å². The number of nitrogens with zero attached hydrogens (tertiary/aromatic N) is 1. The summed E-state index contributed by atoms with van der Waals surface area (Å²) in [7, 11) is 1.47. The van der Waals surface area contributed by atoms with Gasteiger partial charge >= 0.3 is 0 Å². The van der Waals surface area contributed by atoms with Crippen molar-refractivity contribution >= 4 is 0 Å². The van der Waals surface area contributed by atoms with Gasteiger partial charge in [-0.25, -0.2) is 4.39 Å². The zero-order valence-corrected chi connectivity index (χ0v) is 13.2. The summed E-state index contributed by atoms with van der Waals surface area (Å²) in [5.74, 6) is 5.69. The molecule has 0 aliphatic carbocycles. The van der Waals surface area contributed by atoms with Crippen LogP contribution in [0.4, 0.5) is 4.39 Å². The first-order valence-corrected chi connectivity index (χ1v) is 7.55. The van der Waals surface area contributed by atoms with Gasteiger partial charge in [0.25, 0.3) is 0 Å². The number of nitrogens with two attached hydrogens (primary N) is 1. The van der Waals surface area contributed by atoms with E-state index in [1.54, 1.807) is 6.07 Å². The van der Waals surface area contributed by atoms with E-state index in [1.165, 1.54) is 32.4 Å². The van der Waals surface area contributed by atoms with E-state index in [9.17, 15) is 4.39 Å². The van der Waals surface area contributed by atoms with E-state index < -0.39 is 0 Å². The van der Waals surface area contributed by atoms with Gasteiger partial charge in [0, 0.05) is 5.54 Å². The molecule has 1 atom stereocenters. The Labute approximate surface area is 126 Å². The Bertz CT molecular complexity index is 473. The fourth-order valence-corrected chi connectivity index (χ4v) is 3.22. The highest BCUT2D eigenvalue weighted by molar-refractivity contribution is 5.32. The Morgan fingerprint density at radius 2 is 1.95 bits per heavy atom. The first kappa shape index (κ1) is 16.2. The Morgan fingerprint density at radius 1 is 1.29 bits per heavy atom. The third kappa shape index (κ3) is 3.36. The summed E-state index contributed by atoms with van der Waals surface area (Å²) < 4.78 is 18.9. The van der Waals surface area contributed by atoms with Gasteiger partial charge in [-0.1, -0.05) is 12.5 Å². The lowest BCUT2D eigenvalue weighted by molar-refractivity contribution is 0.0607. The number of rotatable bonds is 5. The number of piperidine rings is 1. The maximum atomic E-state index is 14.0. The minimum atomic E-state index is -0.357. The molecule has 1 unspecified atom stereocenters. The van der Waals surface area contributed by atoms with E-state index in [4.69, 9.17) is 10.6 Å². The number of hydrogen-bond acceptors (Lipinski definition) is 4. The quantitative estimate of drug-likeness (QED) is 0.647. The van der Waals surface area contributed by atoms with Crippen molar-refractivity contribution < 1.29 is 9.13 Å². The summed E-state index contributed by atoms with van der Waals surface area (Å²) in [6.45, 7) is 6.43. The van der Waals surface area contributed by atoms with Crippen molar-refractivity contribution in [3.63, 3.8) is 0 Å². The Kier molecular flexibility index (Phi) is 5.19. The number of hydrazine groups is 1. The molecule has 0 bridgehead atoms. The molecule has 0 radical (unpaired) electrons.